The van der Waals surface area contributed by atoms with Crippen LogP contribution in [0.15, 0.2) is 54.6 Å². The van der Waals surface area contributed by atoms with Gasteiger partial charge in [-0.1, -0.05) is 64.1 Å². The molecule has 3 amide bonds. The summed E-state index contributed by atoms with van der Waals surface area (Å²) in [6.45, 7) is 10.5. The number of nitrogens with one attached hydrogen (secondary N) is 3. The Hall–Kier alpha value is -3.27. The van der Waals surface area contributed by atoms with Crippen LogP contribution in [0, 0.1) is 5.92 Å². The fourth-order valence-corrected chi connectivity index (χ4v) is 4.54. The maximum absolute atomic E-state index is 13.5. The van der Waals surface area contributed by atoms with E-state index in [2.05, 4.69) is 16.0 Å². The third kappa shape index (κ3) is 11.3. The summed E-state index contributed by atoms with van der Waals surface area (Å²) in [7, 11) is 1.56. The van der Waals surface area contributed by atoms with Crippen LogP contribution in [0.4, 0.5) is 0 Å². The Kier molecular flexibility index (Phi) is 15.1. The summed E-state index contributed by atoms with van der Waals surface area (Å²) in [6, 6.07) is 14.3. The number of rotatable bonds is 18. The number of benzene rings is 2. The van der Waals surface area contributed by atoms with E-state index in [9.17, 15) is 19.5 Å². The number of hydrogen-bond acceptors (Lipinski definition) is 6. The number of aliphatic hydroxyl groups excluding tert-OH is 1. The first-order valence-electron chi connectivity index (χ1n) is 14.6. The molecule has 0 saturated carbocycles. The molecule has 2 rings (SSSR count). The van der Waals surface area contributed by atoms with Crippen LogP contribution >= 0.6 is 0 Å². The van der Waals surface area contributed by atoms with Gasteiger partial charge < -0.3 is 30.7 Å². The molecule has 9 heteroatoms. The average Bonchev–Trinajstić information content (AvgIpc) is 2.97. The van der Waals surface area contributed by atoms with Crippen LogP contribution in [0.2, 0.25) is 0 Å². The molecule has 41 heavy (non-hydrogen) atoms. The van der Waals surface area contributed by atoms with Gasteiger partial charge in [-0.25, -0.2) is 0 Å². The Morgan fingerprint density at radius 3 is 2.22 bits per heavy atom. The van der Waals surface area contributed by atoms with Crippen molar-refractivity contribution >= 4 is 17.7 Å². The maximum Gasteiger partial charge on any atom is 0.253 e. The van der Waals surface area contributed by atoms with E-state index in [0.717, 1.165) is 18.4 Å². The summed E-state index contributed by atoms with van der Waals surface area (Å²) >= 11 is 0. The van der Waals surface area contributed by atoms with E-state index in [1.807, 2.05) is 58.0 Å². The predicted molar refractivity (Wildman–Crippen MR) is 162 cm³/mol. The molecule has 0 aliphatic carbocycles. The Morgan fingerprint density at radius 1 is 0.951 bits per heavy atom. The molecule has 0 heterocycles. The second kappa shape index (κ2) is 18.2. The van der Waals surface area contributed by atoms with Crippen molar-refractivity contribution in [2.24, 2.45) is 5.92 Å². The zero-order chi connectivity index (χ0) is 30.2. The van der Waals surface area contributed by atoms with Crippen molar-refractivity contribution in [3.63, 3.8) is 0 Å². The zero-order valence-corrected chi connectivity index (χ0v) is 25.2. The van der Waals surface area contributed by atoms with Gasteiger partial charge in [0.05, 0.1) is 18.8 Å². The van der Waals surface area contributed by atoms with Crippen LogP contribution < -0.4 is 16.0 Å². The van der Waals surface area contributed by atoms with Crippen LogP contribution in [-0.4, -0.2) is 85.8 Å². The van der Waals surface area contributed by atoms with Gasteiger partial charge in [-0.2, -0.15) is 0 Å². The molecule has 9 nitrogen and oxygen atoms in total. The van der Waals surface area contributed by atoms with E-state index in [4.69, 9.17) is 4.74 Å². The lowest BCUT2D eigenvalue weighted by atomic mass is 9.95. The lowest BCUT2D eigenvalue weighted by Gasteiger charge is -2.31. The maximum atomic E-state index is 13.5. The summed E-state index contributed by atoms with van der Waals surface area (Å²) in [5.41, 5.74) is 1.64. The van der Waals surface area contributed by atoms with E-state index in [0.29, 0.717) is 50.3 Å². The van der Waals surface area contributed by atoms with E-state index in [-0.39, 0.29) is 17.7 Å². The zero-order valence-electron chi connectivity index (χ0n) is 25.2. The number of nitrogens with zero attached hydrogens (tertiary/aromatic N) is 1. The van der Waals surface area contributed by atoms with Gasteiger partial charge in [-0.15, -0.1) is 0 Å². The molecule has 4 N–H and O–H groups in total. The lowest BCUT2D eigenvalue weighted by Crippen LogP contribution is -2.60. The summed E-state index contributed by atoms with van der Waals surface area (Å²) in [5.74, 6) is -0.672. The topological polar surface area (TPSA) is 120 Å². The second-order valence-corrected chi connectivity index (χ2v) is 10.7. The van der Waals surface area contributed by atoms with Gasteiger partial charge in [0.1, 0.15) is 6.04 Å². The van der Waals surface area contributed by atoms with Crippen LogP contribution in [0.5, 0.6) is 0 Å². The van der Waals surface area contributed by atoms with Gasteiger partial charge in [-0.05, 0) is 48.9 Å². The van der Waals surface area contributed by atoms with Gasteiger partial charge in [-0.3, -0.25) is 14.4 Å². The molecule has 0 aromatic heterocycles. The van der Waals surface area contributed by atoms with E-state index in [1.54, 1.807) is 36.3 Å². The third-order valence-electron chi connectivity index (χ3n) is 6.65. The molecule has 2 aromatic carbocycles. The largest absolute Gasteiger partial charge is 0.389 e. The summed E-state index contributed by atoms with van der Waals surface area (Å²) < 4.78 is 5.13. The van der Waals surface area contributed by atoms with Crippen LogP contribution in [0.1, 0.15) is 66.8 Å². The first kappa shape index (κ1) is 33.9. The minimum Gasteiger partial charge on any atom is -0.389 e. The molecule has 0 unspecified atom stereocenters. The normalized spacial score (nSPS) is 13.3. The highest BCUT2D eigenvalue weighted by Crippen LogP contribution is 2.14. The Morgan fingerprint density at radius 2 is 1.61 bits per heavy atom. The highest BCUT2D eigenvalue weighted by molar-refractivity contribution is 5.99. The van der Waals surface area contributed by atoms with Crippen molar-refractivity contribution < 1.29 is 24.2 Å². The highest BCUT2D eigenvalue weighted by atomic mass is 16.5. The summed E-state index contributed by atoms with van der Waals surface area (Å²) in [5, 5.41) is 20.5. The van der Waals surface area contributed by atoms with E-state index in [1.165, 1.54) is 0 Å². The van der Waals surface area contributed by atoms with Crippen molar-refractivity contribution in [2.75, 3.05) is 39.9 Å². The number of methoxy groups -OCH3 is 1. The smallest absolute Gasteiger partial charge is 0.253 e. The van der Waals surface area contributed by atoms with Crippen molar-refractivity contribution in [1.82, 2.24) is 20.9 Å². The monoisotopic (exact) mass is 568 g/mol. The number of hydrogen-bond donors (Lipinski definition) is 4. The molecule has 2 aromatic rings. The third-order valence-corrected chi connectivity index (χ3v) is 6.65. The molecule has 226 valence electrons. The van der Waals surface area contributed by atoms with Gasteiger partial charge in [0.2, 0.25) is 5.91 Å². The van der Waals surface area contributed by atoms with E-state index < -0.39 is 24.1 Å². The SMILES string of the molecule is CCCN(CCC)C(=O)c1cccc(C(=O)N[C@@H](Cc2ccccc2)[C@@H](O)[C@@H](NCCOC)C(=O)NCC(C)C)c1. The number of carbonyl (C=O) groups excluding carboxylic acids is 3. The predicted octanol–water partition coefficient (Wildman–Crippen LogP) is 3.03. The lowest BCUT2D eigenvalue weighted by molar-refractivity contribution is -0.126. The van der Waals surface area contributed by atoms with Crippen molar-refractivity contribution in [3.8, 4) is 0 Å². The fourth-order valence-electron chi connectivity index (χ4n) is 4.54. The molecular weight excluding hydrogens is 520 g/mol. The van der Waals surface area contributed by atoms with Gasteiger partial charge in [0.15, 0.2) is 0 Å². The van der Waals surface area contributed by atoms with Crippen LogP contribution in [0.25, 0.3) is 0 Å². The summed E-state index contributed by atoms with van der Waals surface area (Å²) in [6.07, 6.45) is 0.732. The number of amides is 3. The quantitative estimate of drug-likeness (QED) is 0.205. The molecule has 3 atom stereocenters. The van der Waals surface area contributed by atoms with Crippen molar-refractivity contribution in [2.45, 2.75) is 65.1 Å². The number of carbonyl (C=O) groups is 3. The molecule has 0 aliphatic rings. The first-order chi connectivity index (χ1) is 19.7. The standard InChI is InChI=1S/C32H48N4O5/c1-6-17-36(18-7-2)32(40)26-15-11-14-25(21-26)30(38)35-27(20-24-12-9-8-10-13-24)29(37)28(33-16-19-41-5)31(39)34-22-23(3)4/h8-15,21,23,27-29,33,37H,6-7,16-20,22H2,1-5H3,(H,34,39)(H,35,38)/t27-,28+,29+/m0/s1. The average molecular weight is 569 g/mol. The Labute approximate surface area is 245 Å². The molecule has 0 radical (unpaired) electrons. The number of aliphatic hydroxyl groups is 1. The Bertz CT molecular complexity index is 1070. The molecule has 0 spiro atoms. The molecular formula is C32H48N4O5. The van der Waals surface area contributed by atoms with Crippen LogP contribution in [-0.2, 0) is 16.0 Å². The van der Waals surface area contributed by atoms with Gasteiger partial charge in [0.25, 0.3) is 11.8 Å². The number of ether oxygens (including phenoxy) is 1. The van der Waals surface area contributed by atoms with Gasteiger partial charge in [0, 0.05) is 44.4 Å². The second-order valence-electron chi connectivity index (χ2n) is 10.7. The molecule has 0 fully saturated rings. The molecule has 0 aliphatic heterocycles. The first-order valence-corrected chi connectivity index (χ1v) is 14.6. The minimum atomic E-state index is -1.25. The van der Waals surface area contributed by atoms with Crippen molar-refractivity contribution in [1.29, 1.82) is 0 Å². The van der Waals surface area contributed by atoms with E-state index >= 15 is 0 Å². The fraction of sp³-hybridized carbons (Fsp3) is 0.531. The summed E-state index contributed by atoms with van der Waals surface area (Å²) in [4.78, 5) is 41.6. The van der Waals surface area contributed by atoms with Crippen molar-refractivity contribution in [3.05, 3.63) is 71.3 Å². The van der Waals surface area contributed by atoms with Crippen LogP contribution in [0.3, 0.4) is 0 Å². The molecule has 0 bridgehead atoms. The highest BCUT2D eigenvalue weighted by Gasteiger charge is 2.34. The molecule has 0 saturated heterocycles. The Balaban J connectivity index is 2.34. The van der Waals surface area contributed by atoms with Gasteiger partial charge >= 0.3 is 0 Å². The minimum absolute atomic E-state index is 0.117.